The normalized spacial score (nSPS) is 20.3. The average Bonchev–Trinajstić information content (AvgIpc) is 2.40. The summed E-state index contributed by atoms with van der Waals surface area (Å²) in [7, 11) is 0. The fourth-order valence-electron chi connectivity index (χ4n) is 2.31. The molecule has 0 amide bonds. The van der Waals surface area contributed by atoms with Gasteiger partial charge in [-0.2, -0.15) is 0 Å². The molecule has 1 heterocycles. The molecule has 3 nitrogen and oxygen atoms in total. The van der Waals surface area contributed by atoms with E-state index in [0.29, 0.717) is 6.10 Å². The van der Waals surface area contributed by atoms with Gasteiger partial charge < -0.3 is 9.64 Å². The zero-order valence-corrected chi connectivity index (χ0v) is 10.3. The first-order valence-corrected chi connectivity index (χ1v) is 6.25. The lowest BCUT2D eigenvalue weighted by atomic mass is 10.1. The zero-order valence-electron chi connectivity index (χ0n) is 10.3. The van der Waals surface area contributed by atoms with Gasteiger partial charge in [-0.1, -0.05) is 0 Å². The molecule has 2 rings (SSSR count). The predicted octanol–water partition coefficient (Wildman–Crippen LogP) is 2.50. The van der Waals surface area contributed by atoms with Crippen LogP contribution >= 0.6 is 0 Å². The van der Waals surface area contributed by atoms with Crippen molar-refractivity contribution >= 4 is 12.0 Å². The molecule has 17 heavy (non-hydrogen) atoms. The maximum absolute atomic E-state index is 10.6. The van der Waals surface area contributed by atoms with Gasteiger partial charge in [-0.15, -0.1) is 0 Å². The number of hydrogen-bond acceptors (Lipinski definition) is 3. The number of carbonyl (C=O) groups excluding carboxylic acids is 1. The summed E-state index contributed by atoms with van der Waals surface area (Å²) in [6.07, 6.45) is 3.54. The van der Waals surface area contributed by atoms with Crippen molar-refractivity contribution in [2.75, 3.05) is 24.6 Å². The lowest BCUT2D eigenvalue weighted by molar-refractivity contribution is 0.0526. The lowest BCUT2D eigenvalue weighted by Crippen LogP contribution is -2.39. The highest BCUT2D eigenvalue weighted by Gasteiger charge is 2.19. The topological polar surface area (TPSA) is 29.5 Å². The molecule has 1 aliphatic rings. The molecule has 0 saturated carbocycles. The van der Waals surface area contributed by atoms with E-state index in [-0.39, 0.29) is 0 Å². The Bertz CT molecular complexity index is 359. The van der Waals surface area contributed by atoms with E-state index in [1.54, 1.807) is 0 Å². The number of hydrogen-bond donors (Lipinski definition) is 0. The van der Waals surface area contributed by atoms with E-state index in [1.807, 2.05) is 31.2 Å². The van der Waals surface area contributed by atoms with Crippen LogP contribution in [0.25, 0.3) is 0 Å². The van der Waals surface area contributed by atoms with E-state index in [9.17, 15) is 4.79 Å². The Balaban J connectivity index is 2.02. The van der Waals surface area contributed by atoms with Crippen molar-refractivity contribution in [3.05, 3.63) is 29.8 Å². The Labute approximate surface area is 102 Å². The van der Waals surface area contributed by atoms with Crippen molar-refractivity contribution in [1.82, 2.24) is 0 Å². The van der Waals surface area contributed by atoms with Crippen LogP contribution in [-0.2, 0) is 4.74 Å². The van der Waals surface area contributed by atoms with Crippen LogP contribution in [0.15, 0.2) is 24.3 Å². The van der Waals surface area contributed by atoms with Crippen molar-refractivity contribution < 1.29 is 9.53 Å². The third kappa shape index (κ3) is 3.07. The standard InChI is InChI=1S/C14H19NO2/c1-2-17-14-4-3-9-15(10-14)13-7-5-12(11-16)6-8-13/h5-8,11,14H,2-4,9-10H2,1H3. The largest absolute Gasteiger partial charge is 0.377 e. The molecule has 1 atom stereocenters. The van der Waals surface area contributed by atoms with Gasteiger partial charge in [-0.3, -0.25) is 4.79 Å². The summed E-state index contributed by atoms with van der Waals surface area (Å²) in [4.78, 5) is 12.9. The van der Waals surface area contributed by atoms with Gasteiger partial charge in [-0.25, -0.2) is 0 Å². The Kier molecular flexibility index (Phi) is 4.15. The molecule has 1 aromatic carbocycles. The Hall–Kier alpha value is -1.35. The highest BCUT2D eigenvalue weighted by molar-refractivity contribution is 5.75. The molecule has 3 heteroatoms. The van der Waals surface area contributed by atoms with Crippen molar-refractivity contribution in [1.29, 1.82) is 0 Å². The molecule has 0 aliphatic carbocycles. The Morgan fingerprint density at radius 2 is 2.18 bits per heavy atom. The second-order valence-corrected chi connectivity index (χ2v) is 4.37. The van der Waals surface area contributed by atoms with Gasteiger partial charge in [0.05, 0.1) is 6.10 Å². The summed E-state index contributed by atoms with van der Waals surface area (Å²) in [6, 6.07) is 7.76. The van der Waals surface area contributed by atoms with Gasteiger partial charge in [0.25, 0.3) is 0 Å². The van der Waals surface area contributed by atoms with Crippen LogP contribution in [0.3, 0.4) is 0 Å². The second-order valence-electron chi connectivity index (χ2n) is 4.37. The number of ether oxygens (including phenoxy) is 1. The first-order chi connectivity index (χ1) is 8.33. The number of nitrogens with zero attached hydrogens (tertiary/aromatic N) is 1. The predicted molar refractivity (Wildman–Crippen MR) is 68.7 cm³/mol. The van der Waals surface area contributed by atoms with Gasteiger partial charge in [0.2, 0.25) is 0 Å². The van der Waals surface area contributed by atoms with Crippen molar-refractivity contribution in [2.24, 2.45) is 0 Å². The van der Waals surface area contributed by atoms with Gasteiger partial charge in [0.15, 0.2) is 0 Å². The molecule has 0 N–H and O–H groups in total. The molecule has 0 aromatic heterocycles. The van der Waals surface area contributed by atoms with Crippen LogP contribution in [-0.4, -0.2) is 32.1 Å². The van der Waals surface area contributed by atoms with Crippen LogP contribution in [0.1, 0.15) is 30.1 Å². The molecule has 1 saturated heterocycles. The molecule has 1 fully saturated rings. The molecule has 1 aromatic rings. The lowest BCUT2D eigenvalue weighted by Gasteiger charge is -2.34. The van der Waals surface area contributed by atoms with Crippen LogP contribution in [0.5, 0.6) is 0 Å². The van der Waals surface area contributed by atoms with Crippen molar-refractivity contribution in [2.45, 2.75) is 25.9 Å². The summed E-state index contributed by atoms with van der Waals surface area (Å²) >= 11 is 0. The minimum absolute atomic E-state index is 0.347. The molecule has 0 bridgehead atoms. The van der Waals surface area contributed by atoms with E-state index < -0.39 is 0 Å². The maximum Gasteiger partial charge on any atom is 0.150 e. The van der Waals surface area contributed by atoms with Gasteiger partial charge in [-0.05, 0) is 44.0 Å². The van der Waals surface area contributed by atoms with E-state index in [4.69, 9.17) is 4.74 Å². The van der Waals surface area contributed by atoms with Gasteiger partial charge >= 0.3 is 0 Å². The third-order valence-electron chi connectivity index (χ3n) is 3.17. The maximum atomic E-state index is 10.6. The van der Waals surface area contributed by atoms with E-state index >= 15 is 0 Å². The summed E-state index contributed by atoms with van der Waals surface area (Å²) in [5.74, 6) is 0. The summed E-state index contributed by atoms with van der Waals surface area (Å²) in [5.41, 5.74) is 1.91. The highest BCUT2D eigenvalue weighted by Crippen LogP contribution is 2.21. The summed E-state index contributed by atoms with van der Waals surface area (Å²) < 4.78 is 5.68. The molecular formula is C14H19NO2. The first-order valence-electron chi connectivity index (χ1n) is 6.25. The zero-order chi connectivity index (χ0) is 12.1. The van der Waals surface area contributed by atoms with Gasteiger partial charge in [0, 0.05) is 30.9 Å². The minimum atomic E-state index is 0.347. The minimum Gasteiger partial charge on any atom is -0.377 e. The second kappa shape index (κ2) is 5.82. The van der Waals surface area contributed by atoms with Crippen LogP contribution < -0.4 is 4.90 Å². The Morgan fingerprint density at radius 1 is 1.41 bits per heavy atom. The van der Waals surface area contributed by atoms with Crippen LogP contribution in [0.4, 0.5) is 5.69 Å². The quantitative estimate of drug-likeness (QED) is 0.748. The van der Waals surface area contributed by atoms with Gasteiger partial charge in [0.1, 0.15) is 6.29 Å². The number of benzene rings is 1. The summed E-state index contributed by atoms with van der Waals surface area (Å²) in [5, 5.41) is 0. The Morgan fingerprint density at radius 3 is 2.82 bits per heavy atom. The molecular weight excluding hydrogens is 214 g/mol. The first kappa shape index (κ1) is 12.1. The number of rotatable bonds is 4. The van der Waals surface area contributed by atoms with Crippen LogP contribution in [0, 0.1) is 0 Å². The van der Waals surface area contributed by atoms with Crippen LogP contribution in [0.2, 0.25) is 0 Å². The third-order valence-corrected chi connectivity index (χ3v) is 3.17. The molecule has 1 unspecified atom stereocenters. The molecule has 0 spiro atoms. The number of anilines is 1. The van der Waals surface area contributed by atoms with E-state index in [1.165, 1.54) is 12.1 Å². The SMILES string of the molecule is CCOC1CCCN(c2ccc(C=O)cc2)C1. The highest BCUT2D eigenvalue weighted by atomic mass is 16.5. The molecule has 92 valence electrons. The number of piperidine rings is 1. The average molecular weight is 233 g/mol. The monoisotopic (exact) mass is 233 g/mol. The number of carbonyl (C=O) groups is 1. The number of aldehydes is 1. The fraction of sp³-hybridized carbons (Fsp3) is 0.500. The fourth-order valence-corrected chi connectivity index (χ4v) is 2.31. The van der Waals surface area contributed by atoms with E-state index in [2.05, 4.69) is 4.90 Å². The molecule has 1 aliphatic heterocycles. The molecule has 0 radical (unpaired) electrons. The summed E-state index contributed by atoms with van der Waals surface area (Å²) in [6.45, 7) is 4.85. The smallest absolute Gasteiger partial charge is 0.150 e. The van der Waals surface area contributed by atoms with E-state index in [0.717, 1.165) is 38.0 Å². The van der Waals surface area contributed by atoms with Crippen molar-refractivity contribution in [3.63, 3.8) is 0 Å². The van der Waals surface area contributed by atoms with Crippen molar-refractivity contribution in [3.8, 4) is 0 Å².